The molecule has 0 fully saturated rings. The first-order chi connectivity index (χ1) is 11.1. The number of hydrogen-bond acceptors (Lipinski definition) is 3. The van der Waals surface area contributed by atoms with Crippen molar-refractivity contribution in [2.24, 2.45) is 0 Å². The van der Waals surface area contributed by atoms with Crippen LogP contribution in [0.2, 0.25) is 0 Å². The van der Waals surface area contributed by atoms with Gasteiger partial charge >= 0.3 is 5.97 Å². The van der Waals surface area contributed by atoms with E-state index in [0.717, 1.165) is 12.8 Å². The fraction of sp³-hybridized carbons (Fsp3) is 0.950. The maximum Gasteiger partial charge on any atom is 0.323 e. The SMILES string of the molecule is CCCCCCCCCCCCCC[C@@H](C(=O)OCC)N(C)C. The quantitative estimate of drug-likeness (QED) is 0.274. The summed E-state index contributed by atoms with van der Waals surface area (Å²) < 4.78 is 5.14. The van der Waals surface area contributed by atoms with Crippen molar-refractivity contribution in [3.63, 3.8) is 0 Å². The molecule has 0 unspecified atom stereocenters. The normalized spacial score (nSPS) is 12.6. The molecule has 0 saturated carbocycles. The number of esters is 1. The standard InChI is InChI=1S/C20H41NO2/c1-5-7-8-9-10-11-12-13-14-15-16-17-18-19(21(3)4)20(22)23-6-2/h19H,5-18H2,1-4H3/t19-/m0/s1. The molecule has 0 rings (SSSR count). The Balaban J connectivity index is 3.44. The van der Waals surface area contributed by atoms with E-state index >= 15 is 0 Å². The molecule has 0 bridgehead atoms. The lowest BCUT2D eigenvalue weighted by atomic mass is 10.0. The van der Waals surface area contributed by atoms with Crippen molar-refractivity contribution in [2.75, 3.05) is 20.7 Å². The monoisotopic (exact) mass is 327 g/mol. The van der Waals surface area contributed by atoms with Gasteiger partial charge in [-0.1, -0.05) is 84.0 Å². The third kappa shape index (κ3) is 13.6. The molecule has 0 amide bonds. The zero-order chi connectivity index (χ0) is 17.3. The van der Waals surface area contributed by atoms with Crippen LogP contribution in [-0.2, 0) is 9.53 Å². The maximum atomic E-state index is 11.9. The molecule has 0 aliphatic rings. The van der Waals surface area contributed by atoms with Crippen LogP contribution in [0.25, 0.3) is 0 Å². The molecule has 0 aliphatic heterocycles. The number of unbranched alkanes of at least 4 members (excludes halogenated alkanes) is 11. The van der Waals surface area contributed by atoms with E-state index in [0.29, 0.717) is 6.61 Å². The van der Waals surface area contributed by atoms with E-state index < -0.39 is 0 Å². The zero-order valence-corrected chi connectivity index (χ0v) is 16.2. The Hall–Kier alpha value is -0.570. The lowest BCUT2D eigenvalue weighted by Crippen LogP contribution is -2.37. The average Bonchev–Trinajstić information content (AvgIpc) is 2.51. The second kappa shape index (κ2) is 16.3. The van der Waals surface area contributed by atoms with Crippen LogP contribution in [0.4, 0.5) is 0 Å². The van der Waals surface area contributed by atoms with Crippen molar-refractivity contribution >= 4 is 5.97 Å². The zero-order valence-electron chi connectivity index (χ0n) is 16.2. The second-order valence-corrected chi connectivity index (χ2v) is 6.91. The molecule has 0 spiro atoms. The molecule has 0 aromatic rings. The first kappa shape index (κ1) is 22.4. The minimum absolute atomic E-state index is 0.0689. The Morgan fingerprint density at radius 3 is 1.61 bits per heavy atom. The fourth-order valence-corrected chi connectivity index (χ4v) is 3.00. The molecule has 3 nitrogen and oxygen atoms in total. The molecule has 1 atom stereocenters. The summed E-state index contributed by atoms with van der Waals surface area (Å²) in [5, 5.41) is 0. The van der Waals surface area contributed by atoms with Gasteiger partial charge in [0.25, 0.3) is 0 Å². The van der Waals surface area contributed by atoms with Gasteiger partial charge in [-0.25, -0.2) is 0 Å². The van der Waals surface area contributed by atoms with Crippen LogP contribution in [0.3, 0.4) is 0 Å². The summed E-state index contributed by atoms with van der Waals surface area (Å²) in [6, 6.07) is -0.0712. The molecule has 3 heteroatoms. The van der Waals surface area contributed by atoms with Crippen molar-refractivity contribution in [3.8, 4) is 0 Å². The van der Waals surface area contributed by atoms with Crippen LogP contribution in [0.5, 0.6) is 0 Å². The maximum absolute atomic E-state index is 11.9. The Labute approximate surface area is 145 Å². The Bertz CT molecular complexity index is 266. The van der Waals surface area contributed by atoms with Gasteiger partial charge < -0.3 is 4.74 Å². The predicted molar refractivity (Wildman–Crippen MR) is 99.8 cm³/mol. The number of rotatable bonds is 16. The highest BCUT2D eigenvalue weighted by Gasteiger charge is 2.21. The van der Waals surface area contributed by atoms with Gasteiger partial charge in [-0.05, 0) is 27.4 Å². The first-order valence-electron chi connectivity index (χ1n) is 9.96. The summed E-state index contributed by atoms with van der Waals surface area (Å²) in [4.78, 5) is 13.8. The summed E-state index contributed by atoms with van der Waals surface area (Å²) >= 11 is 0. The average molecular weight is 328 g/mol. The molecule has 0 saturated heterocycles. The topological polar surface area (TPSA) is 29.5 Å². The highest BCUT2D eigenvalue weighted by Crippen LogP contribution is 2.14. The van der Waals surface area contributed by atoms with Crippen molar-refractivity contribution < 1.29 is 9.53 Å². The van der Waals surface area contributed by atoms with Crippen LogP contribution in [-0.4, -0.2) is 37.6 Å². The molecular weight excluding hydrogens is 286 g/mol. The highest BCUT2D eigenvalue weighted by molar-refractivity contribution is 5.75. The lowest BCUT2D eigenvalue weighted by Gasteiger charge is -2.22. The summed E-state index contributed by atoms with van der Waals surface area (Å²) in [7, 11) is 3.92. The van der Waals surface area contributed by atoms with Crippen molar-refractivity contribution in [1.29, 1.82) is 0 Å². The fourth-order valence-electron chi connectivity index (χ4n) is 3.00. The van der Waals surface area contributed by atoms with Crippen LogP contribution >= 0.6 is 0 Å². The minimum Gasteiger partial charge on any atom is -0.465 e. The highest BCUT2D eigenvalue weighted by atomic mass is 16.5. The molecule has 0 aromatic carbocycles. The van der Waals surface area contributed by atoms with Crippen LogP contribution < -0.4 is 0 Å². The van der Waals surface area contributed by atoms with E-state index in [-0.39, 0.29) is 12.0 Å². The largest absolute Gasteiger partial charge is 0.465 e. The molecule has 0 N–H and O–H groups in total. The van der Waals surface area contributed by atoms with Crippen molar-refractivity contribution in [3.05, 3.63) is 0 Å². The Morgan fingerprint density at radius 2 is 1.22 bits per heavy atom. The number of ether oxygens (including phenoxy) is 1. The molecular formula is C20H41NO2. The summed E-state index contributed by atoms with van der Waals surface area (Å²) in [5.41, 5.74) is 0. The van der Waals surface area contributed by atoms with E-state index in [2.05, 4.69) is 6.92 Å². The number of nitrogens with zero attached hydrogens (tertiary/aromatic N) is 1. The lowest BCUT2D eigenvalue weighted by molar-refractivity contribution is -0.148. The summed E-state index contributed by atoms with van der Waals surface area (Å²) in [5.74, 6) is -0.0689. The number of hydrogen-bond donors (Lipinski definition) is 0. The molecule has 0 aromatic heterocycles. The van der Waals surface area contributed by atoms with Gasteiger partial charge in [-0.3, -0.25) is 9.69 Å². The van der Waals surface area contributed by atoms with Gasteiger partial charge in [-0.15, -0.1) is 0 Å². The van der Waals surface area contributed by atoms with E-state index in [4.69, 9.17) is 4.74 Å². The van der Waals surface area contributed by atoms with Gasteiger partial charge in [0.1, 0.15) is 6.04 Å². The van der Waals surface area contributed by atoms with E-state index in [1.807, 2.05) is 25.9 Å². The third-order valence-corrected chi connectivity index (χ3v) is 4.51. The van der Waals surface area contributed by atoms with Gasteiger partial charge in [0.15, 0.2) is 0 Å². The Morgan fingerprint density at radius 1 is 0.783 bits per heavy atom. The smallest absolute Gasteiger partial charge is 0.323 e. The number of carbonyl (C=O) groups excluding carboxylic acids is 1. The van der Waals surface area contributed by atoms with Crippen LogP contribution in [0.15, 0.2) is 0 Å². The molecule has 0 aliphatic carbocycles. The second-order valence-electron chi connectivity index (χ2n) is 6.91. The van der Waals surface area contributed by atoms with Crippen molar-refractivity contribution in [1.82, 2.24) is 4.90 Å². The summed E-state index contributed by atoms with van der Waals surface area (Å²) in [6.07, 6.45) is 17.1. The third-order valence-electron chi connectivity index (χ3n) is 4.51. The van der Waals surface area contributed by atoms with Gasteiger partial charge in [-0.2, -0.15) is 0 Å². The van der Waals surface area contributed by atoms with Crippen LogP contribution in [0, 0.1) is 0 Å². The summed E-state index contributed by atoms with van der Waals surface area (Å²) in [6.45, 7) is 4.61. The van der Waals surface area contributed by atoms with Crippen LogP contribution in [0.1, 0.15) is 97.3 Å². The Kier molecular flexibility index (Phi) is 15.9. The molecule has 23 heavy (non-hydrogen) atoms. The minimum atomic E-state index is -0.0712. The van der Waals surface area contributed by atoms with Gasteiger partial charge in [0.05, 0.1) is 6.61 Å². The van der Waals surface area contributed by atoms with E-state index in [1.165, 1.54) is 70.6 Å². The first-order valence-corrected chi connectivity index (χ1v) is 9.96. The van der Waals surface area contributed by atoms with Gasteiger partial charge in [0.2, 0.25) is 0 Å². The van der Waals surface area contributed by atoms with Crippen molar-refractivity contribution in [2.45, 2.75) is 103 Å². The predicted octanol–water partition coefficient (Wildman–Crippen LogP) is 5.57. The number of likely N-dealkylation sites (N-methyl/N-ethyl adjacent to an activating group) is 1. The van der Waals surface area contributed by atoms with Gasteiger partial charge in [0, 0.05) is 0 Å². The molecule has 0 radical (unpaired) electrons. The van der Waals surface area contributed by atoms with E-state index in [9.17, 15) is 4.79 Å². The molecule has 138 valence electrons. The molecule has 0 heterocycles. The van der Waals surface area contributed by atoms with E-state index in [1.54, 1.807) is 0 Å². The number of carbonyl (C=O) groups is 1.